The molecule has 5 rings (SSSR count). The lowest BCUT2D eigenvalue weighted by Crippen LogP contribution is -2.39. The van der Waals surface area contributed by atoms with Crippen molar-refractivity contribution in [1.29, 1.82) is 0 Å². The van der Waals surface area contributed by atoms with E-state index in [1.807, 2.05) is 48.5 Å². The van der Waals surface area contributed by atoms with E-state index >= 15 is 0 Å². The third kappa shape index (κ3) is 5.79. The summed E-state index contributed by atoms with van der Waals surface area (Å²) in [4.78, 5) is 32.7. The van der Waals surface area contributed by atoms with Gasteiger partial charge < -0.3 is 10.2 Å². The first-order valence-corrected chi connectivity index (χ1v) is 13.6. The van der Waals surface area contributed by atoms with Gasteiger partial charge in [-0.05, 0) is 94.8 Å². The number of carbonyl (C=O) groups excluding carboxylic acids is 2. The number of amides is 1. The molecule has 2 fully saturated rings. The maximum atomic E-state index is 12.9. The SMILES string of the molecule is O=C(NC1CCC(CCN2CCC(C(=O)c3ccccc3Cl)CC2)CC1)c1ccnc2ccccc12. The summed E-state index contributed by atoms with van der Waals surface area (Å²) in [5.41, 5.74) is 2.23. The lowest BCUT2D eigenvalue weighted by atomic mass is 9.83. The van der Waals surface area contributed by atoms with Gasteiger partial charge in [-0.15, -0.1) is 0 Å². The molecule has 1 aliphatic heterocycles. The van der Waals surface area contributed by atoms with Gasteiger partial charge in [0.25, 0.3) is 5.91 Å². The Morgan fingerprint density at radius 1 is 0.889 bits per heavy atom. The second kappa shape index (κ2) is 11.5. The molecule has 1 saturated heterocycles. The van der Waals surface area contributed by atoms with Crippen LogP contribution in [0.25, 0.3) is 10.9 Å². The van der Waals surface area contributed by atoms with Crippen molar-refractivity contribution in [3.05, 3.63) is 76.9 Å². The summed E-state index contributed by atoms with van der Waals surface area (Å²) in [7, 11) is 0. The van der Waals surface area contributed by atoms with Crippen LogP contribution in [0.5, 0.6) is 0 Å². The monoisotopic (exact) mass is 503 g/mol. The van der Waals surface area contributed by atoms with Gasteiger partial charge in [0.15, 0.2) is 5.78 Å². The number of para-hydroxylation sites is 1. The molecule has 3 aromatic rings. The van der Waals surface area contributed by atoms with E-state index in [2.05, 4.69) is 15.2 Å². The highest BCUT2D eigenvalue weighted by Gasteiger charge is 2.28. The molecule has 1 saturated carbocycles. The number of pyridine rings is 1. The normalized spacial score (nSPS) is 21.4. The molecule has 1 amide bonds. The summed E-state index contributed by atoms with van der Waals surface area (Å²) in [5.74, 6) is 0.992. The van der Waals surface area contributed by atoms with Crippen LogP contribution >= 0.6 is 11.6 Å². The van der Waals surface area contributed by atoms with Crippen molar-refractivity contribution >= 4 is 34.2 Å². The zero-order chi connectivity index (χ0) is 24.9. The minimum absolute atomic E-state index is 0.00579. The lowest BCUT2D eigenvalue weighted by molar-refractivity contribution is 0.0832. The maximum Gasteiger partial charge on any atom is 0.252 e. The number of nitrogens with one attached hydrogen (secondary N) is 1. The summed E-state index contributed by atoms with van der Waals surface area (Å²) in [5, 5.41) is 4.73. The Morgan fingerprint density at radius 3 is 2.39 bits per heavy atom. The second-order valence-corrected chi connectivity index (χ2v) is 10.7. The predicted molar refractivity (Wildman–Crippen MR) is 145 cm³/mol. The maximum absolute atomic E-state index is 12.9. The molecule has 0 atom stereocenters. The van der Waals surface area contributed by atoms with Gasteiger partial charge in [-0.25, -0.2) is 0 Å². The van der Waals surface area contributed by atoms with E-state index in [1.165, 1.54) is 6.42 Å². The van der Waals surface area contributed by atoms with Gasteiger partial charge >= 0.3 is 0 Å². The van der Waals surface area contributed by atoms with Gasteiger partial charge in [0, 0.05) is 29.1 Å². The summed E-state index contributed by atoms with van der Waals surface area (Å²) < 4.78 is 0. The number of hydrogen-bond acceptors (Lipinski definition) is 4. The molecular weight excluding hydrogens is 470 g/mol. The second-order valence-electron chi connectivity index (χ2n) is 10.3. The Kier molecular flexibility index (Phi) is 7.98. The number of hydrogen-bond donors (Lipinski definition) is 1. The molecular formula is C30H34ClN3O2. The van der Waals surface area contributed by atoms with E-state index in [-0.39, 0.29) is 23.7 Å². The molecule has 2 aromatic carbocycles. The van der Waals surface area contributed by atoms with Crippen LogP contribution in [0.3, 0.4) is 0 Å². The molecule has 0 bridgehead atoms. The largest absolute Gasteiger partial charge is 0.349 e. The molecule has 0 spiro atoms. The quantitative estimate of drug-likeness (QED) is 0.392. The molecule has 188 valence electrons. The number of fused-ring (bicyclic) bond motifs is 1. The molecule has 0 unspecified atom stereocenters. The van der Waals surface area contributed by atoms with Crippen molar-refractivity contribution in [3.8, 4) is 0 Å². The summed E-state index contributed by atoms with van der Waals surface area (Å²) >= 11 is 6.24. The van der Waals surface area contributed by atoms with Crippen LogP contribution in [0.1, 0.15) is 65.7 Å². The molecule has 2 aliphatic rings. The number of piperidine rings is 1. The average molecular weight is 504 g/mol. The Hall–Kier alpha value is -2.76. The van der Waals surface area contributed by atoms with Crippen molar-refractivity contribution in [2.24, 2.45) is 11.8 Å². The fraction of sp³-hybridized carbons (Fsp3) is 0.433. The van der Waals surface area contributed by atoms with Crippen LogP contribution in [0, 0.1) is 11.8 Å². The number of rotatable bonds is 7. The number of halogens is 1. The summed E-state index contributed by atoms with van der Waals surface area (Å²) in [6.45, 7) is 3.05. The average Bonchev–Trinajstić information content (AvgIpc) is 2.92. The van der Waals surface area contributed by atoms with Gasteiger partial charge in [-0.3, -0.25) is 14.6 Å². The third-order valence-electron chi connectivity index (χ3n) is 8.03. The Balaban J connectivity index is 1.04. The molecule has 36 heavy (non-hydrogen) atoms. The van der Waals surface area contributed by atoms with E-state index < -0.39 is 0 Å². The lowest BCUT2D eigenvalue weighted by Gasteiger charge is -2.34. The Morgan fingerprint density at radius 2 is 1.61 bits per heavy atom. The van der Waals surface area contributed by atoms with E-state index in [0.29, 0.717) is 22.1 Å². The Labute approximate surface area is 218 Å². The van der Waals surface area contributed by atoms with Crippen molar-refractivity contribution in [1.82, 2.24) is 15.2 Å². The third-order valence-corrected chi connectivity index (χ3v) is 8.36. The van der Waals surface area contributed by atoms with E-state index in [4.69, 9.17) is 11.6 Å². The molecule has 6 heteroatoms. The van der Waals surface area contributed by atoms with Crippen LogP contribution in [0.2, 0.25) is 5.02 Å². The van der Waals surface area contributed by atoms with Crippen LogP contribution < -0.4 is 5.32 Å². The van der Waals surface area contributed by atoms with Gasteiger partial charge in [-0.2, -0.15) is 0 Å². The smallest absolute Gasteiger partial charge is 0.252 e. The van der Waals surface area contributed by atoms with Crippen LogP contribution in [-0.2, 0) is 0 Å². The fourth-order valence-corrected chi connectivity index (χ4v) is 6.05. The van der Waals surface area contributed by atoms with Crippen LogP contribution in [-0.4, -0.2) is 47.3 Å². The van der Waals surface area contributed by atoms with Gasteiger partial charge in [0.05, 0.1) is 16.1 Å². The number of likely N-dealkylation sites (tertiary alicyclic amines) is 1. The van der Waals surface area contributed by atoms with Crippen molar-refractivity contribution in [2.45, 2.75) is 51.0 Å². The number of Topliss-reactive ketones (excluding diaryl/α,β-unsaturated/α-hetero) is 1. The number of benzene rings is 2. The highest BCUT2D eigenvalue weighted by atomic mass is 35.5. The first-order valence-electron chi connectivity index (χ1n) is 13.2. The first-order chi connectivity index (χ1) is 17.6. The molecule has 1 N–H and O–H groups in total. The van der Waals surface area contributed by atoms with Crippen molar-refractivity contribution in [2.75, 3.05) is 19.6 Å². The highest BCUT2D eigenvalue weighted by molar-refractivity contribution is 6.34. The number of carbonyl (C=O) groups is 2. The topological polar surface area (TPSA) is 62.3 Å². The minimum Gasteiger partial charge on any atom is -0.349 e. The van der Waals surface area contributed by atoms with Crippen molar-refractivity contribution < 1.29 is 9.59 Å². The van der Waals surface area contributed by atoms with Crippen molar-refractivity contribution in [3.63, 3.8) is 0 Å². The van der Waals surface area contributed by atoms with Gasteiger partial charge in [0.1, 0.15) is 0 Å². The zero-order valence-electron chi connectivity index (χ0n) is 20.7. The van der Waals surface area contributed by atoms with E-state index in [9.17, 15) is 9.59 Å². The number of nitrogens with zero attached hydrogens (tertiary/aromatic N) is 2. The summed E-state index contributed by atoms with van der Waals surface area (Å²) in [6.07, 6.45) is 9.11. The van der Waals surface area contributed by atoms with Gasteiger partial charge in [-0.1, -0.05) is 41.9 Å². The molecule has 1 aliphatic carbocycles. The number of aromatic nitrogens is 1. The van der Waals surface area contributed by atoms with Crippen LogP contribution in [0.4, 0.5) is 0 Å². The van der Waals surface area contributed by atoms with E-state index in [1.54, 1.807) is 12.3 Å². The van der Waals surface area contributed by atoms with Gasteiger partial charge in [0.2, 0.25) is 0 Å². The zero-order valence-corrected chi connectivity index (χ0v) is 21.4. The standard InChI is InChI=1S/C30H34ClN3O2/c31-27-7-3-1-6-26(27)29(35)22-15-19-34(20-16-22)18-14-21-9-11-23(12-10-21)33-30(36)25-13-17-32-28-8-4-2-5-24(25)28/h1-8,13,17,21-23H,9-12,14-16,18-20H2,(H,33,36). The Bertz CT molecular complexity index is 1210. The fourth-order valence-electron chi connectivity index (χ4n) is 5.82. The molecule has 2 heterocycles. The summed E-state index contributed by atoms with van der Waals surface area (Å²) in [6, 6.07) is 17.2. The minimum atomic E-state index is 0.00579. The van der Waals surface area contributed by atoms with E-state index in [0.717, 1.165) is 69.1 Å². The molecule has 1 aromatic heterocycles. The van der Waals surface area contributed by atoms with Crippen LogP contribution in [0.15, 0.2) is 60.8 Å². The predicted octanol–water partition coefficient (Wildman–Crippen LogP) is 6.16. The molecule has 5 nitrogen and oxygen atoms in total. The highest BCUT2D eigenvalue weighted by Crippen LogP contribution is 2.29. The first kappa shape index (κ1) is 24.9. The molecule has 0 radical (unpaired) electrons. The number of ketones is 1.